The predicted molar refractivity (Wildman–Crippen MR) is 58.6 cm³/mol. The molecule has 0 saturated carbocycles. The molecule has 0 aliphatic heterocycles. The van der Waals surface area contributed by atoms with Crippen molar-refractivity contribution in [2.75, 3.05) is 14.2 Å². The van der Waals surface area contributed by atoms with E-state index < -0.39 is 16.9 Å². The van der Waals surface area contributed by atoms with Gasteiger partial charge in [0.25, 0.3) is 5.69 Å². The van der Waals surface area contributed by atoms with E-state index in [-0.39, 0.29) is 11.3 Å². The van der Waals surface area contributed by atoms with Crippen molar-refractivity contribution < 1.29 is 19.2 Å². The fraction of sp³-hybridized carbons (Fsp3) is 0.300. The van der Waals surface area contributed by atoms with Crippen LogP contribution in [-0.4, -0.2) is 25.1 Å². The van der Waals surface area contributed by atoms with E-state index >= 15 is 0 Å². The molecule has 7 nitrogen and oxygen atoms in total. The van der Waals surface area contributed by atoms with Gasteiger partial charge in [0.2, 0.25) is 0 Å². The highest BCUT2D eigenvalue weighted by Gasteiger charge is 2.23. The summed E-state index contributed by atoms with van der Waals surface area (Å²) in [5.41, 5.74) is 5.67. The molecule has 17 heavy (non-hydrogen) atoms. The number of hydrogen-bond acceptors (Lipinski definition) is 6. The number of non-ortho nitro benzene ring substituents is 1. The Labute approximate surface area is 97.3 Å². The summed E-state index contributed by atoms with van der Waals surface area (Å²) < 4.78 is 9.46. The second-order valence-electron chi connectivity index (χ2n) is 3.18. The summed E-state index contributed by atoms with van der Waals surface area (Å²) in [6.07, 6.45) is 0. The molecule has 2 N–H and O–H groups in total. The van der Waals surface area contributed by atoms with Gasteiger partial charge in [-0.1, -0.05) is 0 Å². The number of nitro groups is 1. The van der Waals surface area contributed by atoms with Crippen LogP contribution in [0.4, 0.5) is 5.69 Å². The normalized spacial score (nSPS) is 11.7. The molecule has 0 bridgehead atoms. The number of rotatable bonds is 4. The number of ether oxygens (including phenoxy) is 2. The van der Waals surface area contributed by atoms with Crippen molar-refractivity contribution >= 4 is 11.7 Å². The van der Waals surface area contributed by atoms with Gasteiger partial charge in [-0.05, 0) is 6.07 Å². The highest BCUT2D eigenvalue weighted by atomic mass is 16.6. The number of nitrogens with zero attached hydrogens (tertiary/aromatic N) is 1. The van der Waals surface area contributed by atoms with Gasteiger partial charge in [-0.2, -0.15) is 0 Å². The standard InChI is InChI=1S/C10H12N2O5/c1-16-8-4-3-6(12(14)15)5-7(8)9(11)10(13)17-2/h3-5,9H,11H2,1-2H3. The van der Waals surface area contributed by atoms with Gasteiger partial charge in [-0.15, -0.1) is 0 Å². The topological polar surface area (TPSA) is 105 Å². The molecule has 0 aliphatic carbocycles. The minimum Gasteiger partial charge on any atom is -0.496 e. The van der Waals surface area contributed by atoms with Crippen LogP contribution in [0.2, 0.25) is 0 Å². The van der Waals surface area contributed by atoms with Crippen molar-refractivity contribution in [2.45, 2.75) is 6.04 Å². The Morgan fingerprint density at radius 1 is 1.47 bits per heavy atom. The Bertz CT molecular complexity index is 446. The molecule has 92 valence electrons. The minimum atomic E-state index is -1.12. The Morgan fingerprint density at radius 2 is 2.12 bits per heavy atom. The van der Waals surface area contributed by atoms with Gasteiger partial charge in [-0.25, -0.2) is 0 Å². The first-order valence-electron chi connectivity index (χ1n) is 4.67. The van der Waals surface area contributed by atoms with Crippen molar-refractivity contribution in [1.82, 2.24) is 0 Å². The summed E-state index contributed by atoms with van der Waals surface area (Å²) in [4.78, 5) is 21.3. The first-order valence-corrected chi connectivity index (χ1v) is 4.67. The number of carbonyl (C=O) groups excluding carboxylic acids is 1. The number of carbonyl (C=O) groups is 1. The molecule has 0 fully saturated rings. The first kappa shape index (κ1) is 12.9. The third-order valence-corrected chi connectivity index (χ3v) is 2.21. The summed E-state index contributed by atoms with van der Waals surface area (Å²) in [6.45, 7) is 0. The lowest BCUT2D eigenvalue weighted by Gasteiger charge is -2.13. The fourth-order valence-corrected chi connectivity index (χ4v) is 1.33. The van der Waals surface area contributed by atoms with Crippen LogP contribution < -0.4 is 10.5 Å². The third-order valence-electron chi connectivity index (χ3n) is 2.21. The van der Waals surface area contributed by atoms with E-state index in [1.807, 2.05) is 0 Å². The fourth-order valence-electron chi connectivity index (χ4n) is 1.33. The van der Waals surface area contributed by atoms with Crippen LogP contribution >= 0.6 is 0 Å². The van der Waals surface area contributed by atoms with Crippen molar-refractivity contribution in [3.63, 3.8) is 0 Å². The molecule has 0 radical (unpaired) electrons. The summed E-state index contributed by atoms with van der Waals surface area (Å²) >= 11 is 0. The zero-order chi connectivity index (χ0) is 13.0. The van der Waals surface area contributed by atoms with Gasteiger partial charge in [0.1, 0.15) is 11.8 Å². The summed E-state index contributed by atoms with van der Waals surface area (Å²) in [5, 5.41) is 10.6. The Morgan fingerprint density at radius 3 is 2.59 bits per heavy atom. The lowest BCUT2D eigenvalue weighted by atomic mass is 10.1. The molecule has 1 aromatic carbocycles. The maximum atomic E-state index is 11.3. The molecule has 0 aliphatic rings. The van der Waals surface area contributed by atoms with E-state index in [4.69, 9.17) is 10.5 Å². The van der Waals surface area contributed by atoms with Gasteiger partial charge in [0.15, 0.2) is 0 Å². The van der Waals surface area contributed by atoms with Crippen molar-refractivity contribution in [2.24, 2.45) is 5.73 Å². The van der Waals surface area contributed by atoms with Crippen molar-refractivity contribution in [1.29, 1.82) is 0 Å². The van der Waals surface area contributed by atoms with Crippen molar-refractivity contribution in [3.8, 4) is 5.75 Å². The molecule has 1 rings (SSSR count). The first-order chi connectivity index (χ1) is 8.01. The highest BCUT2D eigenvalue weighted by molar-refractivity contribution is 5.78. The van der Waals surface area contributed by atoms with Crippen LogP contribution in [0, 0.1) is 10.1 Å². The smallest absolute Gasteiger partial charge is 0.327 e. The Hall–Kier alpha value is -2.15. The van der Waals surface area contributed by atoms with Crippen LogP contribution in [0.25, 0.3) is 0 Å². The monoisotopic (exact) mass is 240 g/mol. The zero-order valence-corrected chi connectivity index (χ0v) is 9.38. The molecule has 0 spiro atoms. The highest BCUT2D eigenvalue weighted by Crippen LogP contribution is 2.28. The molecule has 0 aromatic heterocycles. The minimum absolute atomic E-state index is 0.167. The van der Waals surface area contributed by atoms with E-state index in [1.165, 1.54) is 32.4 Å². The second-order valence-corrected chi connectivity index (χ2v) is 3.18. The van der Waals surface area contributed by atoms with E-state index in [1.54, 1.807) is 0 Å². The van der Waals surface area contributed by atoms with E-state index in [2.05, 4.69) is 4.74 Å². The number of nitro benzene ring substituents is 1. The van der Waals surface area contributed by atoms with Crippen LogP contribution in [0.5, 0.6) is 5.75 Å². The maximum absolute atomic E-state index is 11.3. The Balaban J connectivity index is 3.22. The van der Waals surface area contributed by atoms with Crippen LogP contribution in [-0.2, 0) is 9.53 Å². The molecule has 0 amide bonds. The van der Waals surface area contributed by atoms with Gasteiger partial charge >= 0.3 is 5.97 Å². The molecule has 0 heterocycles. The Kier molecular flexibility index (Phi) is 4.00. The number of methoxy groups -OCH3 is 2. The number of benzene rings is 1. The van der Waals surface area contributed by atoms with Gasteiger partial charge in [0.05, 0.1) is 19.1 Å². The predicted octanol–water partition coefficient (Wildman–Crippen LogP) is 0.776. The maximum Gasteiger partial charge on any atom is 0.327 e. The van der Waals surface area contributed by atoms with Gasteiger partial charge in [-0.3, -0.25) is 14.9 Å². The molecule has 0 saturated heterocycles. The molecular weight excluding hydrogens is 228 g/mol. The third kappa shape index (κ3) is 2.70. The average Bonchev–Trinajstić information content (AvgIpc) is 2.35. The number of hydrogen-bond donors (Lipinski definition) is 1. The second kappa shape index (κ2) is 5.26. The van der Waals surface area contributed by atoms with Gasteiger partial charge < -0.3 is 15.2 Å². The molecule has 7 heteroatoms. The molecule has 1 aromatic rings. The quantitative estimate of drug-likeness (QED) is 0.473. The lowest BCUT2D eigenvalue weighted by Crippen LogP contribution is -2.23. The number of esters is 1. The van der Waals surface area contributed by atoms with Crippen LogP contribution in [0.3, 0.4) is 0 Å². The van der Waals surface area contributed by atoms with Gasteiger partial charge in [0, 0.05) is 17.7 Å². The molecule has 1 atom stereocenters. The summed E-state index contributed by atoms with van der Waals surface area (Å²) in [6, 6.07) is 2.73. The molecule has 1 unspecified atom stereocenters. The largest absolute Gasteiger partial charge is 0.496 e. The average molecular weight is 240 g/mol. The number of nitrogens with two attached hydrogens (primary N) is 1. The zero-order valence-electron chi connectivity index (χ0n) is 9.38. The van der Waals surface area contributed by atoms with E-state index in [9.17, 15) is 14.9 Å². The van der Waals surface area contributed by atoms with Crippen LogP contribution in [0.15, 0.2) is 18.2 Å². The summed E-state index contributed by atoms with van der Waals surface area (Å²) in [5.74, 6) is -0.391. The van der Waals surface area contributed by atoms with Crippen molar-refractivity contribution in [3.05, 3.63) is 33.9 Å². The van der Waals surface area contributed by atoms with Crippen LogP contribution in [0.1, 0.15) is 11.6 Å². The lowest BCUT2D eigenvalue weighted by molar-refractivity contribution is -0.384. The van der Waals surface area contributed by atoms with E-state index in [0.29, 0.717) is 5.75 Å². The molecular formula is C10H12N2O5. The van der Waals surface area contributed by atoms with E-state index in [0.717, 1.165) is 0 Å². The SMILES string of the molecule is COC(=O)C(N)c1cc([N+](=O)[O-])ccc1OC. The summed E-state index contributed by atoms with van der Waals surface area (Å²) in [7, 11) is 2.57.